The third-order valence-corrected chi connectivity index (χ3v) is 4.30. The third-order valence-electron chi connectivity index (χ3n) is 4.30. The molecule has 154 valence electrons. The van der Waals surface area contributed by atoms with Crippen molar-refractivity contribution in [2.45, 2.75) is 45.6 Å². The van der Waals surface area contributed by atoms with Crippen LogP contribution >= 0.6 is 0 Å². The highest BCUT2D eigenvalue weighted by atomic mass is 19.3. The van der Waals surface area contributed by atoms with Crippen molar-refractivity contribution in [3.05, 3.63) is 30.1 Å². The maximum absolute atomic E-state index is 10.8. The van der Waals surface area contributed by atoms with Gasteiger partial charge < -0.3 is 11.1 Å². The van der Waals surface area contributed by atoms with E-state index in [0.717, 1.165) is 46.8 Å². The molecular weight excluding hydrogens is 378 g/mol. The standard InChI is InChI=1S/C16H18N8.C3H6F2/c1-9-12(22-18-2)5-6-13(19-9)11-7-8-24-14(11)15(20-10-3-4-10)21-16(17)23-24;1-2-3(4)5/h5-8,10H,3-4H2,1-2H3,(H3,17,20,21,23);3H,2H2,1H3. The Kier molecular flexibility index (Phi) is 6.30. The van der Waals surface area contributed by atoms with Gasteiger partial charge in [0.05, 0.1) is 11.4 Å². The fraction of sp³-hybridized carbons (Fsp3) is 0.421. The van der Waals surface area contributed by atoms with Crippen LogP contribution in [0, 0.1) is 6.92 Å². The maximum atomic E-state index is 10.8. The zero-order chi connectivity index (χ0) is 21.0. The molecule has 3 heterocycles. The van der Waals surface area contributed by atoms with Crippen LogP contribution in [0.2, 0.25) is 0 Å². The van der Waals surface area contributed by atoms with E-state index in [9.17, 15) is 8.78 Å². The maximum Gasteiger partial charge on any atom is 0.240 e. The van der Waals surface area contributed by atoms with Crippen LogP contribution in [0.5, 0.6) is 0 Å². The SMILES string of the molecule is CCC(F)F.CN=Nc1ccc(-c2ccn3nc(N)nc(NC4CC4)c23)nc1C. The van der Waals surface area contributed by atoms with Gasteiger partial charge in [-0.15, -0.1) is 5.10 Å². The quantitative estimate of drug-likeness (QED) is 0.605. The van der Waals surface area contributed by atoms with E-state index in [-0.39, 0.29) is 12.4 Å². The lowest BCUT2D eigenvalue weighted by Gasteiger charge is -2.09. The van der Waals surface area contributed by atoms with E-state index in [0.29, 0.717) is 6.04 Å². The summed E-state index contributed by atoms with van der Waals surface area (Å²) in [4.78, 5) is 9.04. The molecule has 0 radical (unpaired) electrons. The highest BCUT2D eigenvalue weighted by Gasteiger charge is 2.24. The van der Waals surface area contributed by atoms with Crippen molar-refractivity contribution in [2.75, 3.05) is 18.1 Å². The van der Waals surface area contributed by atoms with E-state index in [1.807, 2.05) is 31.3 Å². The van der Waals surface area contributed by atoms with Gasteiger partial charge in [-0.2, -0.15) is 15.2 Å². The normalized spacial score (nSPS) is 13.7. The molecular formula is C19H24F2N8. The van der Waals surface area contributed by atoms with E-state index in [1.165, 1.54) is 6.92 Å². The fourth-order valence-electron chi connectivity index (χ4n) is 2.69. The van der Waals surface area contributed by atoms with Crippen molar-refractivity contribution in [1.82, 2.24) is 19.6 Å². The summed E-state index contributed by atoms with van der Waals surface area (Å²) in [5.41, 5.74) is 10.1. The minimum Gasteiger partial charge on any atom is -0.366 e. The number of nitrogens with two attached hydrogens (primary N) is 1. The van der Waals surface area contributed by atoms with Crippen molar-refractivity contribution >= 4 is 23.0 Å². The molecule has 8 nitrogen and oxygen atoms in total. The van der Waals surface area contributed by atoms with Gasteiger partial charge in [0.15, 0.2) is 5.82 Å². The van der Waals surface area contributed by atoms with E-state index in [4.69, 9.17) is 5.73 Å². The number of rotatable bonds is 5. The van der Waals surface area contributed by atoms with Gasteiger partial charge in [0.1, 0.15) is 11.2 Å². The number of alkyl halides is 2. The van der Waals surface area contributed by atoms with Crippen molar-refractivity contribution in [2.24, 2.45) is 10.2 Å². The molecule has 0 amide bonds. The first-order valence-corrected chi connectivity index (χ1v) is 9.40. The van der Waals surface area contributed by atoms with Gasteiger partial charge in [0.2, 0.25) is 12.4 Å². The van der Waals surface area contributed by atoms with Crippen LogP contribution in [-0.4, -0.2) is 39.1 Å². The number of pyridine rings is 1. The van der Waals surface area contributed by atoms with E-state index >= 15 is 0 Å². The summed E-state index contributed by atoms with van der Waals surface area (Å²) in [5.74, 6) is 0.998. The molecule has 0 spiro atoms. The molecule has 1 fully saturated rings. The van der Waals surface area contributed by atoms with Crippen molar-refractivity contribution in [3.8, 4) is 11.3 Å². The number of aryl methyl sites for hydroxylation is 1. The average Bonchev–Trinajstić information content (AvgIpc) is 3.40. The summed E-state index contributed by atoms with van der Waals surface area (Å²) >= 11 is 0. The molecule has 0 unspecified atom stereocenters. The third kappa shape index (κ3) is 5.01. The Hall–Kier alpha value is -3.17. The summed E-state index contributed by atoms with van der Waals surface area (Å²) in [6.45, 7) is 3.37. The largest absolute Gasteiger partial charge is 0.366 e. The van der Waals surface area contributed by atoms with E-state index < -0.39 is 6.43 Å². The lowest BCUT2D eigenvalue weighted by Crippen LogP contribution is -2.09. The predicted octanol–water partition coefficient (Wildman–Crippen LogP) is 4.63. The van der Waals surface area contributed by atoms with E-state index in [2.05, 4.69) is 30.6 Å². The molecule has 29 heavy (non-hydrogen) atoms. The van der Waals surface area contributed by atoms with Crippen LogP contribution in [0.1, 0.15) is 31.9 Å². The average molecular weight is 402 g/mol. The van der Waals surface area contributed by atoms with Crippen molar-refractivity contribution in [1.29, 1.82) is 0 Å². The highest BCUT2D eigenvalue weighted by Crippen LogP contribution is 2.33. The molecule has 3 N–H and O–H groups in total. The number of aromatic nitrogens is 4. The first-order chi connectivity index (χ1) is 13.9. The van der Waals surface area contributed by atoms with Gasteiger partial charge in [-0.25, -0.2) is 13.3 Å². The minimum absolute atomic E-state index is 0.0278. The van der Waals surface area contributed by atoms with Gasteiger partial charge >= 0.3 is 0 Å². The Balaban J connectivity index is 0.000000431. The first kappa shape index (κ1) is 20.6. The second-order valence-electron chi connectivity index (χ2n) is 6.66. The molecule has 0 aliphatic heterocycles. The van der Waals surface area contributed by atoms with Crippen LogP contribution < -0.4 is 11.1 Å². The summed E-state index contributed by atoms with van der Waals surface area (Å²) < 4.78 is 23.3. The number of fused-ring (bicyclic) bond motifs is 1. The molecule has 0 atom stereocenters. The molecule has 1 aliphatic carbocycles. The summed E-state index contributed by atoms with van der Waals surface area (Å²) in [7, 11) is 1.65. The lowest BCUT2D eigenvalue weighted by molar-refractivity contribution is 0.144. The van der Waals surface area contributed by atoms with Crippen LogP contribution in [-0.2, 0) is 0 Å². The second-order valence-corrected chi connectivity index (χ2v) is 6.66. The molecule has 0 saturated heterocycles. The van der Waals surface area contributed by atoms with Crippen molar-refractivity contribution in [3.63, 3.8) is 0 Å². The van der Waals surface area contributed by atoms with Crippen LogP contribution in [0.15, 0.2) is 34.6 Å². The number of hydrogen-bond acceptors (Lipinski definition) is 7. The predicted molar refractivity (Wildman–Crippen MR) is 109 cm³/mol. The van der Waals surface area contributed by atoms with Crippen LogP contribution in [0.4, 0.5) is 26.2 Å². The Morgan fingerprint density at radius 1 is 1.28 bits per heavy atom. The van der Waals surface area contributed by atoms with E-state index in [1.54, 1.807) is 11.6 Å². The Bertz CT molecular complexity index is 1010. The van der Waals surface area contributed by atoms with Crippen molar-refractivity contribution < 1.29 is 8.78 Å². The molecule has 1 saturated carbocycles. The highest BCUT2D eigenvalue weighted by molar-refractivity contribution is 5.88. The van der Waals surface area contributed by atoms with Gasteiger partial charge in [-0.3, -0.25) is 4.98 Å². The smallest absolute Gasteiger partial charge is 0.240 e. The summed E-state index contributed by atoms with van der Waals surface area (Å²) in [5, 5.41) is 15.6. The molecule has 10 heteroatoms. The number of nitrogen functional groups attached to an aromatic ring is 1. The number of halogens is 2. The van der Waals surface area contributed by atoms with Gasteiger partial charge in [-0.1, -0.05) is 6.92 Å². The Morgan fingerprint density at radius 3 is 2.59 bits per heavy atom. The number of nitrogens with one attached hydrogen (secondary N) is 1. The fourth-order valence-corrected chi connectivity index (χ4v) is 2.69. The topological polar surface area (TPSA) is 106 Å². The monoisotopic (exact) mass is 402 g/mol. The molecule has 1 aliphatic rings. The van der Waals surface area contributed by atoms with Gasteiger partial charge in [0.25, 0.3) is 0 Å². The zero-order valence-electron chi connectivity index (χ0n) is 16.6. The molecule has 0 aromatic carbocycles. The number of azo groups is 1. The van der Waals surface area contributed by atoms with Gasteiger partial charge in [-0.05, 0) is 38.0 Å². The van der Waals surface area contributed by atoms with Crippen LogP contribution in [0.25, 0.3) is 16.8 Å². The number of anilines is 2. The van der Waals surface area contributed by atoms with Gasteiger partial charge in [0, 0.05) is 31.3 Å². The molecule has 3 aromatic rings. The zero-order valence-corrected chi connectivity index (χ0v) is 16.6. The molecule has 3 aromatic heterocycles. The summed E-state index contributed by atoms with van der Waals surface area (Å²) in [6.07, 6.45) is 2.03. The summed E-state index contributed by atoms with van der Waals surface area (Å²) in [6, 6.07) is 6.29. The lowest BCUT2D eigenvalue weighted by atomic mass is 10.1. The Labute approximate surface area is 167 Å². The second kappa shape index (κ2) is 8.89. The minimum atomic E-state index is -2.12. The first-order valence-electron chi connectivity index (χ1n) is 9.40. The molecule has 0 bridgehead atoms. The Morgan fingerprint density at radius 2 is 2.00 bits per heavy atom. The number of hydrogen-bond donors (Lipinski definition) is 2. The molecule has 4 rings (SSSR count). The number of nitrogens with zero attached hydrogens (tertiary/aromatic N) is 6. The van der Waals surface area contributed by atoms with Crippen LogP contribution in [0.3, 0.4) is 0 Å².